The van der Waals surface area contributed by atoms with Crippen LogP contribution < -0.4 is 14.4 Å². The van der Waals surface area contributed by atoms with E-state index in [1.54, 1.807) is 60.7 Å². The average molecular weight is 507 g/mol. The van der Waals surface area contributed by atoms with E-state index in [0.29, 0.717) is 27.0 Å². The third-order valence-electron chi connectivity index (χ3n) is 4.91. The van der Waals surface area contributed by atoms with Crippen molar-refractivity contribution in [2.75, 3.05) is 17.2 Å². The minimum Gasteiger partial charge on any atom is -0.484 e. The van der Waals surface area contributed by atoms with Gasteiger partial charge in [0.05, 0.1) is 24.5 Å². The third kappa shape index (κ3) is 7.12. The van der Waals surface area contributed by atoms with E-state index >= 15 is 0 Å². The van der Waals surface area contributed by atoms with Crippen molar-refractivity contribution in [3.8, 4) is 5.75 Å². The molecule has 1 atom stereocenters. The first-order valence-electron chi connectivity index (χ1n) is 10.1. The second-order valence-corrected chi connectivity index (χ2v) is 10.2. The fraction of sp³-hybridized carbons (Fsp3) is 0.208. The summed E-state index contributed by atoms with van der Waals surface area (Å²) in [6, 6.07) is 20.6. The first-order valence-corrected chi connectivity index (χ1v) is 12.7. The van der Waals surface area contributed by atoms with Crippen LogP contribution in [0.4, 0.5) is 5.69 Å². The lowest BCUT2D eigenvalue weighted by molar-refractivity contribution is -0.123. The molecule has 0 spiro atoms. The number of sulfonamides is 1. The maximum Gasteiger partial charge on any atom is 0.258 e. The monoisotopic (exact) mass is 506 g/mol. The Labute approximate surface area is 204 Å². The Morgan fingerprint density at radius 3 is 2.24 bits per heavy atom. The van der Waals surface area contributed by atoms with Crippen LogP contribution in [-0.2, 0) is 21.4 Å². The summed E-state index contributed by atoms with van der Waals surface area (Å²) in [5.74, 6) is 0.164. The number of hydrogen-bond acceptors (Lipinski definition) is 4. The highest BCUT2D eigenvalue weighted by Gasteiger charge is 2.19. The molecule has 174 valence electrons. The molecule has 33 heavy (non-hydrogen) atoms. The highest BCUT2D eigenvalue weighted by Crippen LogP contribution is 2.26. The molecular weight excluding hydrogens is 483 g/mol. The molecule has 0 bridgehead atoms. The Hall–Kier alpha value is -2.74. The summed E-state index contributed by atoms with van der Waals surface area (Å²) < 4.78 is 31.6. The Morgan fingerprint density at radius 2 is 1.64 bits per heavy atom. The fourth-order valence-electron chi connectivity index (χ4n) is 3.16. The Morgan fingerprint density at radius 1 is 1.00 bits per heavy atom. The number of carbonyl (C=O) groups is 1. The second kappa shape index (κ2) is 10.9. The van der Waals surface area contributed by atoms with Gasteiger partial charge in [0.25, 0.3) is 5.91 Å². The van der Waals surface area contributed by atoms with Crippen LogP contribution >= 0.6 is 23.2 Å². The van der Waals surface area contributed by atoms with Gasteiger partial charge in [-0.25, -0.2) is 8.42 Å². The molecule has 1 N–H and O–H groups in total. The number of ether oxygens (including phenoxy) is 1. The number of hydrogen-bond donors (Lipinski definition) is 1. The van der Waals surface area contributed by atoms with Crippen molar-refractivity contribution in [3.05, 3.63) is 94.0 Å². The minimum atomic E-state index is -3.55. The summed E-state index contributed by atoms with van der Waals surface area (Å²) in [6.07, 6.45) is 1.14. The normalized spacial score (nSPS) is 12.1. The number of anilines is 1. The molecule has 0 radical (unpaired) electrons. The second-order valence-electron chi connectivity index (χ2n) is 7.48. The zero-order chi connectivity index (χ0) is 24.0. The van der Waals surface area contributed by atoms with Crippen LogP contribution in [0.2, 0.25) is 10.0 Å². The number of benzene rings is 3. The van der Waals surface area contributed by atoms with Gasteiger partial charge < -0.3 is 10.1 Å². The molecule has 0 saturated carbocycles. The number of carbonyl (C=O) groups excluding carboxylic acids is 1. The lowest BCUT2D eigenvalue weighted by atomic mass is 10.1. The molecule has 0 aliphatic carbocycles. The number of rotatable bonds is 9. The zero-order valence-electron chi connectivity index (χ0n) is 18.2. The summed E-state index contributed by atoms with van der Waals surface area (Å²) in [5.41, 5.74) is 2.08. The average Bonchev–Trinajstić information content (AvgIpc) is 2.77. The first kappa shape index (κ1) is 24.9. The van der Waals surface area contributed by atoms with Gasteiger partial charge in [-0.3, -0.25) is 9.10 Å². The van der Waals surface area contributed by atoms with E-state index in [4.69, 9.17) is 27.9 Å². The number of nitrogens with zero attached hydrogens (tertiary/aromatic N) is 1. The molecular formula is C24H24Cl2N2O4S. The van der Waals surface area contributed by atoms with Gasteiger partial charge in [0, 0.05) is 10.0 Å². The standard InChI is InChI=1S/C24H24Cl2N2O4S/c1-17(18-7-9-20(25)10-8-18)27-24(29)16-32-22-13-11-21(12-14-22)28(33(2,30)31)15-19-5-3-4-6-23(19)26/h3-14,17H,15-16H2,1-2H3,(H,27,29)/t17-/m1/s1. The van der Waals surface area contributed by atoms with Gasteiger partial charge in [0.2, 0.25) is 10.0 Å². The smallest absolute Gasteiger partial charge is 0.258 e. The summed E-state index contributed by atoms with van der Waals surface area (Å²) in [7, 11) is -3.55. The van der Waals surface area contributed by atoms with Crippen LogP contribution in [0, 0.1) is 0 Å². The predicted octanol–water partition coefficient (Wildman–Crippen LogP) is 5.22. The van der Waals surface area contributed by atoms with E-state index in [1.807, 2.05) is 19.1 Å². The molecule has 3 aromatic carbocycles. The molecule has 0 aliphatic heterocycles. The fourth-order valence-corrected chi connectivity index (χ4v) is 4.36. The van der Waals surface area contributed by atoms with Gasteiger partial charge in [-0.15, -0.1) is 0 Å². The number of nitrogens with one attached hydrogen (secondary N) is 1. The molecule has 0 aromatic heterocycles. The SMILES string of the molecule is C[C@@H](NC(=O)COc1ccc(N(Cc2ccccc2Cl)S(C)(=O)=O)cc1)c1ccc(Cl)cc1. The van der Waals surface area contributed by atoms with Crippen molar-refractivity contribution < 1.29 is 17.9 Å². The largest absolute Gasteiger partial charge is 0.484 e. The molecule has 9 heteroatoms. The molecule has 6 nitrogen and oxygen atoms in total. The van der Waals surface area contributed by atoms with Gasteiger partial charge in [0.1, 0.15) is 5.75 Å². The predicted molar refractivity (Wildman–Crippen MR) is 132 cm³/mol. The van der Waals surface area contributed by atoms with Gasteiger partial charge in [0.15, 0.2) is 6.61 Å². The van der Waals surface area contributed by atoms with Crippen molar-refractivity contribution in [2.45, 2.75) is 19.5 Å². The third-order valence-corrected chi connectivity index (χ3v) is 6.68. The van der Waals surface area contributed by atoms with Gasteiger partial charge in [-0.1, -0.05) is 53.5 Å². The maximum absolute atomic E-state index is 12.4. The summed E-state index contributed by atoms with van der Waals surface area (Å²) in [4.78, 5) is 12.2. The van der Waals surface area contributed by atoms with Crippen LogP contribution in [0.1, 0.15) is 24.1 Å². The molecule has 0 aliphatic rings. The van der Waals surface area contributed by atoms with Crippen molar-refractivity contribution in [3.63, 3.8) is 0 Å². The van der Waals surface area contributed by atoms with Crippen LogP contribution in [0.5, 0.6) is 5.75 Å². The highest BCUT2D eigenvalue weighted by atomic mass is 35.5. The van der Waals surface area contributed by atoms with Gasteiger partial charge in [-0.05, 0) is 60.5 Å². The van der Waals surface area contributed by atoms with Crippen LogP contribution in [0.3, 0.4) is 0 Å². The van der Waals surface area contributed by atoms with Crippen molar-refractivity contribution in [1.29, 1.82) is 0 Å². The van der Waals surface area contributed by atoms with Crippen LogP contribution in [0.15, 0.2) is 72.8 Å². The molecule has 0 saturated heterocycles. The van der Waals surface area contributed by atoms with E-state index in [1.165, 1.54) is 4.31 Å². The van der Waals surface area contributed by atoms with Gasteiger partial charge in [-0.2, -0.15) is 0 Å². The number of halogens is 2. The molecule has 3 aromatic rings. The lowest BCUT2D eigenvalue weighted by Crippen LogP contribution is -2.31. The Balaban J connectivity index is 1.61. The quantitative estimate of drug-likeness (QED) is 0.431. The van der Waals surface area contributed by atoms with E-state index in [-0.39, 0.29) is 25.1 Å². The Kier molecular flexibility index (Phi) is 8.24. The van der Waals surface area contributed by atoms with Crippen LogP contribution in [-0.4, -0.2) is 27.2 Å². The minimum absolute atomic E-state index is 0.101. The van der Waals surface area contributed by atoms with E-state index in [2.05, 4.69) is 5.32 Å². The summed E-state index contributed by atoms with van der Waals surface area (Å²) in [6.45, 7) is 1.80. The lowest BCUT2D eigenvalue weighted by Gasteiger charge is -2.23. The molecule has 1 amide bonds. The topological polar surface area (TPSA) is 75.7 Å². The van der Waals surface area contributed by atoms with Crippen molar-refractivity contribution in [2.24, 2.45) is 0 Å². The molecule has 3 rings (SSSR count). The zero-order valence-corrected chi connectivity index (χ0v) is 20.5. The van der Waals surface area contributed by atoms with E-state index < -0.39 is 10.0 Å². The van der Waals surface area contributed by atoms with Crippen molar-refractivity contribution >= 4 is 44.8 Å². The van der Waals surface area contributed by atoms with Crippen LogP contribution in [0.25, 0.3) is 0 Å². The molecule has 0 heterocycles. The molecule has 0 unspecified atom stereocenters. The maximum atomic E-state index is 12.4. The first-order chi connectivity index (χ1) is 15.6. The van der Waals surface area contributed by atoms with Gasteiger partial charge >= 0.3 is 0 Å². The highest BCUT2D eigenvalue weighted by molar-refractivity contribution is 7.92. The van der Waals surface area contributed by atoms with E-state index in [9.17, 15) is 13.2 Å². The number of amides is 1. The van der Waals surface area contributed by atoms with Crippen molar-refractivity contribution in [1.82, 2.24) is 5.32 Å². The molecule has 0 fully saturated rings. The summed E-state index contributed by atoms with van der Waals surface area (Å²) in [5, 5.41) is 3.98. The van der Waals surface area contributed by atoms with E-state index in [0.717, 1.165) is 11.8 Å². The Bertz CT molecular complexity index is 1200. The summed E-state index contributed by atoms with van der Waals surface area (Å²) >= 11 is 12.1.